The Morgan fingerprint density at radius 3 is 2.29 bits per heavy atom. The second-order valence-electron chi connectivity index (χ2n) is 5.51. The first-order valence-corrected chi connectivity index (χ1v) is 6.55. The van der Waals surface area contributed by atoms with Gasteiger partial charge in [-0.25, -0.2) is 14.0 Å². The van der Waals surface area contributed by atoms with Crippen molar-refractivity contribution in [2.45, 2.75) is 39.4 Å². The largest absolute Gasteiger partial charge is 0.457 e. The summed E-state index contributed by atoms with van der Waals surface area (Å²) < 4.78 is 22.9. The van der Waals surface area contributed by atoms with E-state index in [-0.39, 0.29) is 5.56 Å². The molecular weight excluding hydrogens is 275 g/mol. The summed E-state index contributed by atoms with van der Waals surface area (Å²) in [4.78, 5) is 23.2. The fourth-order valence-corrected chi connectivity index (χ4v) is 1.41. The highest BCUT2D eigenvalue weighted by Crippen LogP contribution is 2.09. The summed E-state index contributed by atoms with van der Waals surface area (Å²) in [7, 11) is 0. The van der Waals surface area contributed by atoms with Crippen LogP contribution in [0.1, 0.15) is 38.1 Å². The van der Waals surface area contributed by atoms with Crippen LogP contribution in [0.2, 0.25) is 0 Å². The lowest BCUT2D eigenvalue weighted by Crippen LogP contribution is -2.23. The van der Waals surface area contributed by atoms with Crippen molar-refractivity contribution in [2.75, 3.05) is 0 Å². The fraction of sp³-hybridized carbons (Fsp3) is 0.375. The van der Waals surface area contributed by atoms with Crippen LogP contribution in [0.25, 0.3) is 0 Å². The highest BCUT2D eigenvalue weighted by Gasteiger charge is 2.15. The maximum absolute atomic E-state index is 12.7. The number of rotatable bonds is 4. The number of hydrogen-bond acceptors (Lipinski definition) is 4. The Labute approximate surface area is 123 Å². The fourth-order valence-electron chi connectivity index (χ4n) is 1.41. The van der Waals surface area contributed by atoms with Crippen molar-refractivity contribution in [3.05, 3.63) is 47.8 Å². The molecule has 114 valence electrons. The number of esters is 2. The summed E-state index contributed by atoms with van der Waals surface area (Å²) in [6.45, 7) is 6.90. The molecule has 1 atom stereocenters. The zero-order valence-electron chi connectivity index (χ0n) is 12.6. The van der Waals surface area contributed by atoms with Gasteiger partial charge >= 0.3 is 11.9 Å². The van der Waals surface area contributed by atoms with E-state index in [1.807, 2.05) is 0 Å². The van der Waals surface area contributed by atoms with Gasteiger partial charge in [0.15, 0.2) is 0 Å². The lowest BCUT2D eigenvalue weighted by molar-refractivity contribution is -0.148. The van der Waals surface area contributed by atoms with E-state index in [9.17, 15) is 14.0 Å². The molecule has 0 spiro atoms. The Balaban J connectivity index is 2.53. The van der Waals surface area contributed by atoms with E-state index in [1.54, 1.807) is 27.7 Å². The molecule has 21 heavy (non-hydrogen) atoms. The first kappa shape index (κ1) is 16.9. The molecule has 0 amide bonds. The van der Waals surface area contributed by atoms with E-state index in [4.69, 9.17) is 9.47 Å². The van der Waals surface area contributed by atoms with Crippen molar-refractivity contribution in [3.63, 3.8) is 0 Å². The topological polar surface area (TPSA) is 52.6 Å². The van der Waals surface area contributed by atoms with Crippen LogP contribution >= 0.6 is 0 Å². The molecule has 1 rings (SSSR count). The molecule has 5 heteroatoms. The summed E-state index contributed by atoms with van der Waals surface area (Å²) in [6.07, 6.45) is 2.04. The summed E-state index contributed by atoms with van der Waals surface area (Å²) in [5.74, 6) is -1.52. The SMILES string of the molecule is CC(/C=C\C(=O)OC(C)(C)C)OC(=O)c1ccc(F)cc1. The molecule has 0 aliphatic rings. The van der Waals surface area contributed by atoms with Crippen LogP contribution in [0.15, 0.2) is 36.4 Å². The highest BCUT2D eigenvalue weighted by atomic mass is 19.1. The predicted octanol–water partition coefficient (Wildman–Crippen LogP) is 3.27. The zero-order valence-corrected chi connectivity index (χ0v) is 12.6. The minimum absolute atomic E-state index is 0.244. The molecule has 1 aromatic carbocycles. The van der Waals surface area contributed by atoms with Crippen LogP contribution in [-0.4, -0.2) is 23.6 Å². The van der Waals surface area contributed by atoms with Crippen LogP contribution in [0, 0.1) is 5.82 Å². The van der Waals surface area contributed by atoms with E-state index in [0.29, 0.717) is 0 Å². The molecule has 1 unspecified atom stereocenters. The monoisotopic (exact) mass is 294 g/mol. The molecule has 0 saturated carbocycles. The summed E-state index contributed by atoms with van der Waals surface area (Å²) >= 11 is 0. The van der Waals surface area contributed by atoms with Gasteiger partial charge in [0.2, 0.25) is 0 Å². The van der Waals surface area contributed by atoms with Gasteiger partial charge in [0.25, 0.3) is 0 Å². The lowest BCUT2D eigenvalue weighted by atomic mass is 10.2. The smallest absolute Gasteiger partial charge is 0.338 e. The molecular formula is C16H19FO4. The Morgan fingerprint density at radius 2 is 1.76 bits per heavy atom. The maximum atomic E-state index is 12.7. The van der Waals surface area contributed by atoms with Gasteiger partial charge in [-0.05, 0) is 58.0 Å². The molecule has 0 heterocycles. The van der Waals surface area contributed by atoms with E-state index < -0.39 is 29.5 Å². The Morgan fingerprint density at radius 1 is 1.19 bits per heavy atom. The first-order chi connectivity index (χ1) is 9.67. The highest BCUT2D eigenvalue weighted by molar-refractivity contribution is 5.89. The number of ether oxygens (including phenoxy) is 2. The zero-order chi connectivity index (χ0) is 16.0. The summed E-state index contributed by atoms with van der Waals surface area (Å²) in [5, 5.41) is 0. The number of halogens is 1. The number of carbonyl (C=O) groups is 2. The van der Waals surface area contributed by atoms with E-state index in [0.717, 1.165) is 0 Å². The molecule has 0 bridgehead atoms. The van der Waals surface area contributed by atoms with Crippen molar-refractivity contribution >= 4 is 11.9 Å². The van der Waals surface area contributed by atoms with Gasteiger partial charge in [0, 0.05) is 6.08 Å². The standard InChI is InChI=1S/C16H19FO4/c1-11(5-10-14(18)21-16(2,3)4)20-15(19)12-6-8-13(17)9-7-12/h5-11H,1-4H3/b10-5-. The summed E-state index contributed by atoms with van der Waals surface area (Å²) in [6, 6.07) is 5.03. The quantitative estimate of drug-likeness (QED) is 0.631. The Kier molecular flexibility index (Phi) is 5.64. The van der Waals surface area contributed by atoms with Gasteiger partial charge in [0.1, 0.15) is 17.5 Å². The molecule has 0 fully saturated rings. The van der Waals surface area contributed by atoms with Crippen LogP contribution < -0.4 is 0 Å². The van der Waals surface area contributed by atoms with Crippen molar-refractivity contribution in [3.8, 4) is 0 Å². The van der Waals surface area contributed by atoms with Gasteiger partial charge < -0.3 is 9.47 Å². The van der Waals surface area contributed by atoms with E-state index >= 15 is 0 Å². The third-order valence-corrected chi connectivity index (χ3v) is 2.28. The third-order valence-electron chi connectivity index (χ3n) is 2.28. The molecule has 0 saturated heterocycles. The minimum atomic E-state index is -0.602. The second kappa shape index (κ2) is 7.02. The van der Waals surface area contributed by atoms with E-state index in [1.165, 1.54) is 36.4 Å². The molecule has 1 aromatic rings. The van der Waals surface area contributed by atoms with Gasteiger partial charge in [-0.3, -0.25) is 0 Å². The molecule has 0 aromatic heterocycles. The molecule has 0 aliphatic carbocycles. The van der Waals surface area contributed by atoms with Crippen LogP contribution in [0.3, 0.4) is 0 Å². The van der Waals surface area contributed by atoms with Crippen molar-refractivity contribution in [1.29, 1.82) is 0 Å². The van der Waals surface area contributed by atoms with Crippen molar-refractivity contribution in [1.82, 2.24) is 0 Å². The Bertz CT molecular complexity index is 526. The van der Waals surface area contributed by atoms with Crippen LogP contribution in [-0.2, 0) is 14.3 Å². The lowest BCUT2D eigenvalue weighted by Gasteiger charge is -2.18. The van der Waals surface area contributed by atoms with Gasteiger partial charge in [-0.2, -0.15) is 0 Å². The Hall–Kier alpha value is -2.17. The maximum Gasteiger partial charge on any atom is 0.338 e. The molecule has 0 N–H and O–H groups in total. The average molecular weight is 294 g/mol. The third kappa shape index (κ3) is 6.70. The number of benzene rings is 1. The van der Waals surface area contributed by atoms with Crippen molar-refractivity contribution in [2.24, 2.45) is 0 Å². The van der Waals surface area contributed by atoms with Gasteiger partial charge in [-0.15, -0.1) is 0 Å². The summed E-state index contributed by atoms with van der Waals surface area (Å²) in [5.41, 5.74) is -0.330. The first-order valence-electron chi connectivity index (χ1n) is 6.55. The number of carbonyl (C=O) groups excluding carboxylic acids is 2. The normalized spacial score (nSPS) is 13.0. The second-order valence-corrected chi connectivity index (χ2v) is 5.51. The molecule has 0 radical (unpaired) electrons. The van der Waals surface area contributed by atoms with E-state index in [2.05, 4.69) is 0 Å². The number of hydrogen-bond donors (Lipinski definition) is 0. The van der Waals surface area contributed by atoms with Crippen LogP contribution in [0.4, 0.5) is 4.39 Å². The minimum Gasteiger partial charge on any atom is -0.457 e. The van der Waals surface area contributed by atoms with Gasteiger partial charge in [-0.1, -0.05) is 0 Å². The van der Waals surface area contributed by atoms with Gasteiger partial charge in [0.05, 0.1) is 5.56 Å². The van der Waals surface area contributed by atoms with Crippen LogP contribution in [0.5, 0.6) is 0 Å². The average Bonchev–Trinajstić information content (AvgIpc) is 2.35. The molecule has 4 nitrogen and oxygen atoms in total. The molecule has 0 aliphatic heterocycles. The van der Waals surface area contributed by atoms with Crippen molar-refractivity contribution < 1.29 is 23.5 Å². The predicted molar refractivity (Wildman–Crippen MR) is 76.3 cm³/mol.